The summed E-state index contributed by atoms with van der Waals surface area (Å²) in [6.45, 7) is 8.17. The number of ether oxygens (including phenoxy) is 1. The molecule has 0 aliphatic carbocycles. The summed E-state index contributed by atoms with van der Waals surface area (Å²) in [5.41, 5.74) is 1.64. The van der Waals surface area contributed by atoms with Crippen molar-refractivity contribution in [2.24, 2.45) is 11.8 Å². The largest absolute Gasteiger partial charge is 0.494 e. The van der Waals surface area contributed by atoms with Crippen molar-refractivity contribution in [1.29, 1.82) is 5.26 Å². The molecule has 0 fully saturated rings. The van der Waals surface area contributed by atoms with Crippen molar-refractivity contribution in [2.75, 3.05) is 11.9 Å². The van der Waals surface area contributed by atoms with Crippen LogP contribution >= 0.6 is 0 Å². The van der Waals surface area contributed by atoms with Crippen molar-refractivity contribution in [3.8, 4) is 11.8 Å². The normalized spacial score (nSPS) is 11.8. The van der Waals surface area contributed by atoms with E-state index in [-0.39, 0.29) is 11.8 Å². The quantitative estimate of drug-likeness (QED) is 0.884. The number of rotatable bonds is 5. The van der Waals surface area contributed by atoms with Crippen LogP contribution in [0, 0.1) is 30.1 Å². The summed E-state index contributed by atoms with van der Waals surface area (Å²) in [4.78, 5) is 11.9. The SMILES string of the molecule is CCOc1ccc(NC(=O)C(C#N)C(C)C)cc1C. The molecule has 4 nitrogen and oxygen atoms in total. The molecule has 1 N–H and O–H groups in total. The fourth-order valence-corrected chi connectivity index (χ4v) is 1.78. The summed E-state index contributed by atoms with van der Waals surface area (Å²) in [6.07, 6.45) is 0. The first-order valence-corrected chi connectivity index (χ1v) is 6.43. The zero-order chi connectivity index (χ0) is 14.4. The first-order chi connectivity index (χ1) is 8.99. The number of nitrogens with one attached hydrogen (secondary N) is 1. The molecule has 0 aliphatic heterocycles. The molecular weight excluding hydrogens is 240 g/mol. The van der Waals surface area contributed by atoms with Crippen LogP contribution in [0.4, 0.5) is 5.69 Å². The van der Waals surface area contributed by atoms with Crippen LogP contribution in [0.2, 0.25) is 0 Å². The lowest BCUT2D eigenvalue weighted by Gasteiger charge is -2.14. The number of carbonyl (C=O) groups excluding carboxylic acids is 1. The number of benzene rings is 1. The Hall–Kier alpha value is -2.02. The second-order valence-electron chi connectivity index (χ2n) is 4.75. The average molecular weight is 260 g/mol. The summed E-state index contributed by atoms with van der Waals surface area (Å²) in [5.74, 6) is -0.0945. The Morgan fingerprint density at radius 2 is 2.16 bits per heavy atom. The van der Waals surface area contributed by atoms with E-state index >= 15 is 0 Å². The van der Waals surface area contributed by atoms with E-state index in [0.717, 1.165) is 11.3 Å². The fraction of sp³-hybridized carbons (Fsp3) is 0.467. The minimum Gasteiger partial charge on any atom is -0.494 e. The summed E-state index contributed by atoms with van der Waals surface area (Å²) in [6, 6.07) is 7.48. The van der Waals surface area contributed by atoms with Crippen molar-refractivity contribution in [2.45, 2.75) is 27.7 Å². The van der Waals surface area contributed by atoms with Gasteiger partial charge in [0.1, 0.15) is 11.7 Å². The second kappa shape index (κ2) is 6.79. The standard InChI is InChI=1S/C15H20N2O2/c1-5-19-14-7-6-12(8-11(14)4)17-15(18)13(9-16)10(2)3/h6-8,10,13H,5H2,1-4H3,(H,17,18). The monoisotopic (exact) mass is 260 g/mol. The number of carbonyl (C=O) groups is 1. The Bertz CT molecular complexity index is 489. The summed E-state index contributed by atoms with van der Waals surface area (Å²) >= 11 is 0. The van der Waals surface area contributed by atoms with Crippen molar-refractivity contribution in [3.63, 3.8) is 0 Å². The number of nitriles is 1. The Morgan fingerprint density at radius 3 is 2.63 bits per heavy atom. The third-order valence-electron chi connectivity index (χ3n) is 2.83. The van der Waals surface area contributed by atoms with E-state index in [2.05, 4.69) is 5.32 Å². The number of hydrogen-bond donors (Lipinski definition) is 1. The number of hydrogen-bond acceptors (Lipinski definition) is 3. The van der Waals surface area contributed by atoms with Crippen LogP contribution in [0.1, 0.15) is 26.3 Å². The zero-order valence-electron chi connectivity index (χ0n) is 11.9. The van der Waals surface area contributed by atoms with Gasteiger partial charge in [-0.25, -0.2) is 0 Å². The maximum Gasteiger partial charge on any atom is 0.241 e. The highest BCUT2D eigenvalue weighted by molar-refractivity contribution is 5.94. The van der Waals surface area contributed by atoms with E-state index in [9.17, 15) is 4.79 Å². The van der Waals surface area contributed by atoms with Gasteiger partial charge in [0, 0.05) is 5.69 Å². The second-order valence-corrected chi connectivity index (χ2v) is 4.75. The van der Waals surface area contributed by atoms with Crippen LogP contribution in [-0.2, 0) is 4.79 Å². The van der Waals surface area contributed by atoms with Gasteiger partial charge < -0.3 is 10.1 Å². The van der Waals surface area contributed by atoms with E-state index in [1.807, 2.05) is 45.9 Å². The lowest BCUT2D eigenvalue weighted by atomic mass is 9.96. The molecule has 1 aromatic rings. The number of amides is 1. The minimum atomic E-state index is -0.633. The molecule has 102 valence electrons. The van der Waals surface area contributed by atoms with Gasteiger partial charge in [0.2, 0.25) is 5.91 Å². The zero-order valence-corrected chi connectivity index (χ0v) is 11.9. The lowest BCUT2D eigenvalue weighted by Crippen LogP contribution is -2.25. The van der Waals surface area contributed by atoms with Gasteiger partial charge >= 0.3 is 0 Å². The van der Waals surface area contributed by atoms with Crippen LogP contribution < -0.4 is 10.1 Å². The number of nitrogens with zero attached hydrogens (tertiary/aromatic N) is 1. The smallest absolute Gasteiger partial charge is 0.241 e. The van der Waals surface area contributed by atoms with Crippen LogP contribution in [0.25, 0.3) is 0 Å². The van der Waals surface area contributed by atoms with E-state index in [4.69, 9.17) is 10.00 Å². The molecule has 4 heteroatoms. The molecular formula is C15H20N2O2. The van der Waals surface area contributed by atoms with Crippen LogP contribution in [-0.4, -0.2) is 12.5 Å². The summed E-state index contributed by atoms with van der Waals surface area (Å²) in [7, 11) is 0. The molecule has 0 aromatic heterocycles. The van der Waals surface area contributed by atoms with Gasteiger partial charge in [0.15, 0.2) is 0 Å². The van der Waals surface area contributed by atoms with Gasteiger partial charge in [-0.1, -0.05) is 13.8 Å². The topological polar surface area (TPSA) is 62.1 Å². The Balaban J connectivity index is 2.81. The van der Waals surface area contributed by atoms with E-state index in [1.165, 1.54) is 0 Å². The third kappa shape index (κ3) is 3.99. The molecule has 1 unspecified atom stereocenters. The van der Waals surface area contributed by atoms with Crippen LogP contribution in [0.15, 0.2) is 18.2 Å². The third-order valence-corrected chi connectivity index (χ3v) is 2.83. The summed E-state index contributed by atoms with van der Waals surface area (Å²) < 4.78 is 5.44. The molecule has 0 saturated carbocycles. The molecule has 0 heterocycles. The minimum absolute atomic E-state index is 0.00575. The van der Waals surface area contributed by atoms with Gasteiger partial charge in [-0.15, -0.1) is 0 Å². The van der Waals surface area contributed by atoms with Gasteiger partial charge in [-0.2, -0.15) is 5.26 Å². The molecule has 0 bridgehead atoms. The van der Waals surface area contributed by atoms with E-state index < -0.39 is 5.92 Å². The Labute approximate surface area is 114 Å². The van der Waals surface area contributed by atoms with Crippen molar-refractivity contribution in [1.82, 2.24) is 0 Å². The van der Waals surface area contributed by atoms with Gasteiger partial charge in [0.25, 0.3) is 0 Å². The van der Waals surface area contributed by atoms with Gasteiger partial charge in [0.05, 0.1) is 12.7 Å². The molecule has 1 atom stereocenters. The highest BCUT2D eigenvalue weighted by Crippen LogP contribution is 2.22. The van der Waals surface area contributed by atoms with Crippen molar-refractivity contribution < 1.29 is 9.53 Å². The van der Waals surface area contributed by atoms with E-state index in [0.29, 0.717) is 12.3 Å². The highest BCUT2D eigenvalue weighted by Gasteiger charge is 2.21. The van der Waals surface area contributed by atoms with Crippen LogP contribution in [0.5, 0.6) is 5.75 Å². The number of anilines is 1. The molecule has 0 saturated heterocycles. The van der Waals surface area contributed by atoms with Crippen LogP contribution in [0.3, 0.4) is 0 Å². The van der Waals surface area contributed by atoms with Gasteiger partial charge in [-0.05, 0) is 43.5 Å². The molecule has 19 heavy (non-hydrogen) atoms. The number of aryl methyl sites for hydroxylation is 1. The summed E-state index contributed by atoms with van der Waals surface area (Å²) in [5, 5.41) is 11.8. The molecule has 1 amide bonds. The lowest BCUT2D eigenvalue weighted by molar-refractivity contribution is -0.119. The molecule has 0 spiro atoms. The molecule has 0 radical (unpaired) electrons. The first kappa shape index (κ1) is 15.0. The van der Waals surface area contributed by atoms with Crippen molar-refractivity contribution in [3.05, 3.63) is 23.8 Å². The first-order valence-electron chi connectivity index (χ1n) is 6.43. The Morgan fingerprint density at radius 1 is 1.47 bits per heavy atom. The maximum absolute atomic E-state index is 11.9. The molecule has 1 aromatic carbocycles. The van der Waals surface area contributed by atoms with Crippen molar-refractivity contribution >= 4 is 11.6 Å². The fourth-order valence-electron chi connectivity index (χ4n) is 1.78. The Kier molecular flexibility index (Phi) is 5.37. The van der Waals surface area contributed by atoms with E-state index in [1.54, 1.807) is 6.07 Å². The maximum atomic E-state index is 11.9. The predicted molar refractivity (Wildman–Crippen MR) is 74.9 cm³/mol. The molecule has 1 rings (SSSR count). The molecule has 0 aliphatic rings. The predicted octanol–water partition coefficient (Wildman–Crippen LogP) is 3.13. The highest BCUT2D eigenvalue weighted by atomic mass is 16.5. The average Bonchev–Trinajstić information content (AvgIpc) is 2.33. The van der Waals surface area contributed by atoms with Gasteiger partial charge in [-0.3, -0.25) is 4.79 Å².